The Labute approximate surface area is 136 Å². The Morgan fingerprint density at radius 2 is 1.71 bits per heavy atom. The molecule has 3 N–H and O–H groups in total. The number of nitrogens with one attached hydrogen (secondary N) is 1. The minimum absolute atomic E-state index is 0.634. The molecular weight excluding hydrogens is 325 g/mol. The summed E-state index contributed by atoms with van der Waals surface area (Å²) in [5.74, 6) is 5.49. The Morgan fingerprint density at radius 1 is 1.00 bits per heavy atom. The predicted octanol–water partition coefficient (Wildman–Crippen LogP) is 5.07. The zero-order chi connectivity index (χ0) is 14.8. The molecule has 106 valence electrons. The first-order valence-corrected chi connectivity index (χ1v) is 7.74. The maximum Gasteiger partial charge on any atom is 0.198 e. The van der Waals surface area contributed by atoms with Gasteiger partial charge in [-0.25, -0.2) is 10.8 Å². The lowest BCUT2D eigenvalue weighted by molar-refractivity contribution is 1.29. The van der Waals surface area contributed by atoms with E-state index < -0.39 is 0 Å². The van der Waals surface area contributed by atoms with Crippen molar-refractivity contribution in [2.45, 2.75) is 0 Å². The van der Waals surface area contributed by atoms with Crippen LogP contribution in [-0.2, 0) is 0 Å². The third kappa shape index (κ3) is 2.89. The highest BCUT2D eigenvalue weighted by Gasteiger charge is 2.16. The molecule has 0 aliphatic heterocycles. The fourth-order valence-electron chi connectivity index (χ4n) is 2.01. The lowest BCUT2D eigenvalue weighted by Gasteiger charge is -2.04. The van der Waals surface area contributed by atoms with Gasteiger partial charge in [0.15, 0.2) is 5.13 Å². The van der Waals surface area contributed by atoms with Gasteiger partial charge in [0.25, 0.3) is 0 Å². The lowest BCUT2D eigenvalue weighted by atomic mass is 10.1. The standard InChI is InChI=1S/C15H11Cl2N3S/c16-10-7-5-9(6-8-10)14-13(19-15(20-18)21-14)11-3-1-2-4-12(11)17/h1-8H,18H2,(H,19,20). The minimum Gasteiger partial charge on any atom is -0.300 e. The van der Waals surface area contributed by atoms with Gasteiger partial charge in [-0.2, -0.15) is 0 Å². The van der Waals surface area contributed by atoms with Gasteiger partial charge in [-0.1, -0.05) is 64.9 Å². The maximum absolute atomic E-state index is 6.29. The molecule has 0 saturated heterocycles. The number of anilines is 1. The predicted molar refractivity (Wildman–Crippen MR) is 90.8 cm³/mol. The first-order chi connectivity index (χ1) is 10.2. The molecule has 0 unspecified atom stereocenters. The molecule has 0 radical (unpaired) electrons. The second-order valence-electron chi connectivity index (χ2n) is 4.33. The van der Waals surface area contributed by atoms with E-state index in [4.69, 9.17) is 29.0 Å². The van der Waals surface area contributed by atoms with Crippen molar-refractivity contribution < 1.29 is 0 Å². The zero-order valence-corrected chi connectivity index (χ0v) is 13.1. The van der Waals surface area contributed by atoms with Crippen LogP contribution in [0.5, 0.6) is 0 Å². The van der Waals surface area contributed by atoms with E-state index in [2.05, 4.69) is 10.4 Å². The number of hydrogen-bond donors (Lipinski definition) is 2. The molecule has 21 heavy (non-hydrogen) atoms. The molecular formula is C15H11Cl2N3S. The van der Waals surface area contributed by atoms with Crippen molar-refractivity contribution in [3.63, 3.8) is 0 Å². The van der Waals surface area contributed by atoms with Crippen LogP contribution in [0.4, 0.5) is 5.13 Å². The monoisotopic (exact) mass is 335 g/mol. The van der Waals surface area contributed by atoms with Crippen molar-refractivity contribution in [3.05, 3.63) is 58.6 Å². The number of thiazole rings is 1. The van der Waals surface area contributed by atoms with Gasteiger partial charge in [0.1, 0.15) is 0 Å². The third-order valence-corrected chi connectivity index (χ3v) is 4.60. The Morgan fingerprint density at radius 3 is 2.38 bits per heavy atom. The van der Waals surface area contributed by atoms with Crippen LogP contribution in [0.1, 0.15) is 0 Å². The molecule has 3 aromatic rings. The number of benzene rings is 2. The number of nitrogens with zero attached hydrogens (tertiary/aromatic N) is 1. The summed E-state index contributed by atoms with van der Waals surface area (Å²) in [5, 5.41) is 1.98. The number of halogens is 2. The first kappa shape index (κ1) is 14.4. The fourth-order valence-corrected chi connectivity index (χ4v) is 3.26. The molecule has 0 aliphatic carbocycles. The van der Waals surface area contributed by atoms with Gasteiger partial charge in [-0.3, -0.25) is 5.43 Å². The van der Waals surface area contributed by atoms with Gasteiger partial charge in [-0.15, -0.1) is 0 Å². The number of nitrogen functional groups attached to an aromatic ring is 1. The lowest BCUT2D eigenvalue weighted by Crippen LogP contribution is -2.05. The van der Waals surface area contributed by atoms with Crippen molar-refractivity contribution in [2.75, 3.05) is 5.43 Å². The van der Waals surface area contributed by atoms with Crippen LogP contribution in [0.15, 0.2) is 48.5 Å². The molecule has 3 rings (SSSR count). The molecule has 1 heterocycles. The summed E-state index contributed by atoms with van der Waals surface area (Å²) in [5.41, 5.74) is 5.30. The van der Waals surface area contributed by atoms with E-state index in [1.54, 1.807) is 0 Å². The highest BCUT2D eigenvalue weighted by atomic mass is 35.5. The molecule has 0 bridgehead atoms. The van der Waals surface area contributed by atoms with Crippen molar-refractivity contribution in [1.29, 1.82) is 0 Å². The van der Waals surface area contributed by atoms with Crippen LogP contribution in [0.2, 0.25) is 10.0 Å². The summed E-state index contributed by atoms with van der Waals surface area (Å²) in [6, 6.07) is 15.2. The zero-order valence-electron chi connectivity index (χ0n) is 10.8. The number of hydrazine groups is 1. The molecule has 0 atom stereocenters. The summed E-state index contributed by atoms with van der Waals surface area (Å²) in [6.45, 7) is 0. The average Bonchev–Trinajstić information content (AvgIpc) is 2.92. The molecule has 6 heteroatoms. The Balaban J connectivity index is 2.19. The van der Waals surface area contributed by atoms with Crippen LogP contribution in [0.3, 0.4) is 0 Å². The van der Waals surface area contributed by atoms with Gasteiger partial charge in [0.05, 0.1) is 15.6 Å². The van der Waals surface area contributed by atoms with Gasteiger partial charge >= 0.3 is 0 Å². The number of nitrogens with two attached hydrogens (primary N) is 1. The topological polar surface area (TPSA) is 50.9 Å². The summed E-state index contributed by atoms with van der Waals surface area (Å²) in [7, 11) is 0. The normalized spacial score (nSPS) is 10.6. The van der Waals surface area contributed by atoms with Gasteiger partial charge in [-0.05, 0) is 23.8 Å². The van der Waals surface area contributed by atoms with E-state index in [1.807, 2.05) is 48.5 Å². The molecule has 2 aromatic carbocycles. The smallest absolute Gasteiger partial charge is 0.198 e. The van der Waals surface area contributed by atoms with Crippen molar-refractivity contribution in [3.8, 4) is 21.7 Å². The molecule has 0 aliphatic rings. The first-order valence-electron chi connectivity index (χ1n) is 6.17. The van der Waals surface area contributed by atoms with E-state index in [1.165, 1.54) is 11.3 Å². The molecule has 0 saturated carbocycles. The summed E-state index contributed by atoms with van der Waals surface area (Å²) in [6.07, 6.45) is 0. The molecule has 0 fully saturated rings. The average molecular weight is 336 g/mol. The van der Waals surface area contributed by atoms with Gasteiger partial charge in [0.2, 0.25) is 0 Å². The molecule has 0 amide bonds. The quantitative estimate of drug-likeness (QED) is 0.519. The number of hydrogen-bond acceptors (Lipinski definition) is 4. The summed E-state index contributed by atoms with van der Waals surface area (Å²) in [4.78, 5) is 5.52. The van der Waals surface area contributed by atoms with E-state index >= 15 is 0 Å². The fraction of sp³-hybridized carbons (Fsp3) is 0. The minimum atomic E-state index is 0.634. The van der Waals surface area contributed by atoms with Crippen molar-refractivity contribution in [1.82, 2.24) is 4.98 Å². The largest absolute Gasteiger partial charge is 0.300 e. The van der Waals surface area contributed by atoms with Crippen LogP contribution in [0.25, 0.3) is 21.7 Å². The van der Waals surface area contributed by atoms with Crippen LogP contribution >= 0.6 is 34.5 Å². The molecule has 0 spiro atoms. The van der Waals surface area contributed by atoms with Crippen LogP contribution < -0.4 is 11.3 Å². The highest BCUT2D eigenvalue weighted by molar-refractivity contribution is 7.19. The number of rotatable bonds is 3. The van der Waals surface area contributed by atoms with Gasteiger partial charge < -0.3 is 0 Å². The maximum atomic E-state index is 6.29. The van der Waals surface area contributed by atoms with E-state index in [0.717, 1.165) is 21.7 Å². The van der Waals surface area contributed by atoms with Crippen molar-refractivity contribution >= 4 is 39.7 Å². The second-order valence-corrected chi connectivity index (χ2v) is 6.17. The van der Waals surface area contributed by atoms with Crippen LogP contribution in [-0.4, -0.2) is 4.98 Å². The van der Waals surface area contributed by atoms with Gasteiger partial charge in [0, 0.05) is 10.6 Å². The summed E-state index contributed by atoms with van der Waals surface area (Å²) < 4.78 is 0. The molecule has 1 aromatic heterocycles. The Bertz CT molecular complexity index is 769. The Hall–Kier alpha value is -1.59. The van der Waals surface area contributed by atoms with E-state index in [-0.39, 0.29) is 0 Å². The molecule has 3 nitrogen and oxygen atoms in total. The third-order valence-electron chi connectivity index (χ3n) is 2.99. The van der Waals surface area contributed by atoms with Crippen molar-refractivity contribution in [2.24, 2.45) is 5.84 Å². The summed E-state index contributed by atoms with van der Waals surface area (Å²) >= 11 is 13.7. The number of aromatic nitrogens is 1. The highest BCUT2D eigenvalue weighted by Crippen LogP contribution is 2.41. The second kappa shape index (κ2) is 6.03. The Kier molecular flexibility index (Phi) is 4.12. The van der Waals surface area contributed by atoms with Crippen LogP contribution in [0, 0.1) is 0 Å². The van der Waals surface area contributed by atoms with E-state index in [9.17, 15) is 0 Å². The van der Waals surface area contributed by atoms with E-state index in [0.29, 0.717) is 15.2 Å². The SMILES string of the molecule is NNc1nc(-c2ccccc2Cl)c(-c2ccc(Cl)cc2)s1.